The molecular weight excluding hydrogens is 388 g/mol. The van der Waals surface area contributed by atoms with Gasteiger partial charge in [-0.3, -0.25) is 14.3 Å². The van der Waals surface area contributed by atoms with E-state index >= 15 is 0 Å². The summed E-state index contributed by atoms with van der Waals surface area (Å²) in [6, 6.07) is 9.10. The third-order valence-corrected chi connectivity index (χ3v) is 6.39. The van der Waals surface area contributed by atoms with Crippen molar-refractivity contribution in [2.45, 2.75) is 31.0 Å². The number of thiophene rings is 1. The summed E-state index contributed by atoms with van der Waals surface area (Å²) in [4.78, 5) is 26.0. The molecule has 0 saturated carbocycles. The maximum atomic E-state index is 12.8. The van der Waals surface area contributed by atoms with E-state index in [9.17, 15) is 18.0 Å². The molecule has 0 spiro atoms. The van der Waals surface area contributed by atoms with Crippen LogP contribution in [0.3, 0.4) is 0 Å². The highest BCUT2D eigenvalue weighted by Crippen LogP contribution is 2.21. The Morgan fingerprint density at radius 1 is 1.22 bits per heavy atom. The average molecular weight is 411 g/mol. The predicted molar refractivity (Wildman–Crippen MR) is 104 cm³/mol. The summed E-state index contributed by atoms with van der Waals surface area (Å²) < 4.78 is 32.3. The van der Waals surface area contributed by atoms with Gasteiger partial charge in [-0.2, -0.15) is 0 Å². The summed E-state index contributed by atoms with van der Waals surface area (Å²) in [5.74, 6) is -0.871. The number of esters is 1. The van der Waals surface area contributed by atoms with Gasteiger partial charge in [0.05, 0.1) is 6.61 Å². The quantitative estimate of drug-likeness (QED) is 0.676. The summed E-state index contributed by atoms with van der Waals surface area (Å²) in [5, 5.41) is 1.67. The molecule has 9 heteroatoms. The number of carbonyl (C=O) groups excluding carboxylic acids is 2. The van der Waals surface area contributed by atoms with Gasteiger partial charge in [0.2, 0.25) is 0 Å². The van der Waals surface area contributed by atoms with Crippen LogP contribution in [0.4, 0.5) is 5.69 Å². The van der Waals surface area contributed by atoms with E-state index in [-0.39, 0.29) is 40.6 Å². The van der Waals surface area contributed by atoms with Crippen LogP contribution in [-0.4, -0.2) is 44.4 Å². The minimum absolute atomic E-state index is 0.171. The van der Waals surface area contributed by atoms with Crippen LogP contribution in [0.5, 0.6) is 0 Å². The number of amides is 1. The first kappa shape index (κ1) is 20.9. The van der Waals surface area contributed by atoms with Crippen molar-refractivity contribution < 1.29 is 22.7 Å². The zero-order valence-corrected chi connectivity index (χ0v) is 17.0. The van der Waals surface area contributed by atoms with E-state index in [2.05, 4.69) is 4.72 Å². The third-order valence-electron chi connectivity index (χ3n) is 3.61. The smallest absolute Gasteiger partial charge is 0.325 e. The number of carbonyl (C=O) groups is 2. The van der Waals surface area contributed by atoms with E-state index in [1.165, 1.54) is 17.0 Å². The fraction of sp³-hybridized carbons (Fsp3) is 0.333. The van der Waals surface area contributed by atoms with Crippen LogP contribution >= 0.6 is 11.3 Å². The predicted octanol–water partition coefficient (Wildman–Crippen LogP) is 2.96. The lowest BCUT2D eigenvalue weighted by Gasteiger charge is -2.26. The van der Waals surface area contributed by atoms with Crippen molar-refractivity contribution in [2.75, 3.05) is 17.9 Å². The summed E-state index contributed by atoms with van der Waals surface area (Å²) >= 11 is 1.10. The molecule has 1 N–H and O–H groups in total. The number of hydrogen-bond donors (Lipinski definition) is 1. The van der Waals surface area contributed by atoms with Gasteiger partial charge in [0.15, 0.2) is 0 Å². The average Bonchev–Trinajstić information content (AvgIpc) is 3.14. The minimum Gasteiger partial charge on any atom is -0.465 e. The Hall–Kier alpha value is -2.39. The Bertz CT molecular complexity index is 892. The van der Waals surface area contributed by atoms with E-state index in [4.69, 9.17) is 4.74 Å². The van der Waals surface area contributed by atoms with Crippen molar-refractivity contribution >= 4 is 38.9 Å². The Kier molecular flexibility index (Phi) is 6.98. The van der Waals surface area contributed by atoms with Crippen LogP contribution in [0, 0.1) is 0 Å². The molecule has 2 aromatic rings. The minimum atomic E-state index is -3.71. The van der Waals surface area contributed by atoms with Crippen LogP contribution in [-0.2, 0) is 19.6 Å². The maximum absolute atomic E-state index is 12.8. The molecule has 1 amide bonds. The number of hydrogen-bond acceptors (Lipinski definition) is 6. The van der Waals surface area contributed by atoms with Gasteiger partial charge in [-0.15, -0.1) is 11.3 Å². The highest BCUT2D eigenvalue weighted by atomic mass is 32.2. The lowest BCUT2D eigenvalue weighted by Crippen LogP contribution is -2.41. The van der Waals surface area contributed by atoms with Gasteiger partial charge >= 0.3 is 5.97 Å². The topological polar surface area (TPSA) is 92.8 Å². The van der Waals surface area contributed by atoms with Crippen molar-refractivity contribution in [1.29, 1.82) is 0 Å². The number of benzene rings is 1. The largest absolute Gasteiger partial charge is 0.465 e. The van der Waals surface area contributed by atoms with Gasteiger partial charge in [-0.25, -0.2) is 8.42 Å². The van der Waals surface area contributed by atoms with Gasteiger partial charge in [-0.05, 0) is 50.4 Å². The summed E-state index contributed by atoms with van der Waals surface area (Å²) in [5.41, 5.74) is 0.550. The number of nitrogens with one attached hydrogen (secondary N) is 1. The molecule has 0 aliphatic rings. The van der Waals surface area contributed by atoms with Crippen LogP contribution in [0.25, 0.3) is 0 Å². The molecule has 146 valence electrons. The van der Waals surface area contributed by atoms with Crippen LogP contribution in [0.1, 0.15) is 31.1 Å². The Morgan fingerprint density at radius 2 is 1.96 bits per heavy atom. The molecular formula is C18H22N2O5S2. The maximum Gasteiger partial charge on any atom is 0.325 e. The highest BCUT2D eigenvalue weighted by molar-refractivity contribution is 7.94. The molecule has 1 heterocycles. The van der Waals surface area contributed by atoms with Crippen molar-refractivity contribution in [2.24, 2.45) is 0 Å². The van der Waals surface area contributed by atoms with Crippen LogP contribution in [0.2, 0.25) is 0 Å². The first-order valence-corrected chi connectivity index (χ1v) is 10.7. The molecule has 0 saturated heterocycles. The lowest BCUT2D eigenvalue weighted by atomic mass is 10.1. The van der Waals surface area contributed by atoms with E-state index in [0.717, 1.165) is 11.3 Å². The fourth-order valence-electron chi connectivity index (χ4n) is 2.34. The van der Waals surface area contributed by atoms with Gasteiger partial charge in [0.1, 0.15) is 10.8 Å². The fourth-order valence-corrected chi connectivity index (χ4v) is 4.38. The number of anilines is 1. The summed E-state index contributed by atoms with van der Waals surface area (Å²) in [6.45, 7) is 5.35. The molecule has 2 rings (SSSR count). The second kappa shape index (κ2) is 9.01. The Morgan fingerprint density at radius 3 is 2.56 bits per heavy atom. The monoisotopic (exact) mass is 410 g/mol. The van der Waals surface area contributed by atoms with E-state index in [1.807, 2.05) is 0 Å². The second-order valence-corrected chi connectivity index (χ2v) is 8.81. The SMILES string of the molecule is CCOC(=O)CN(C(=O)c1cccc(NS(=O)(=O)c2cccs2)c1)C(C)C. The van der Waals surface area contributed by atoms with Gasteiger partial charge in [-0.1, -0.05) is 12.1 Å². The number of nitrogens with zero attached hydrogens (tertiary/aromatic N) is 1. The Labute approximate surface area is 163 Å². The molecule has 0 atom stereocenters. The molecule has 7 nitrogen and oxygen atoms in total. The van der Waals surface area contributed by atoms with Gasteiger partial charge < -0.3 is 9.64 Å². The number of rotatable bonds is 8. The van der Waals surface area contributed by atoms with Crippen LogP contribution < -0.4 is 4.72 Å². The zero-order valence-electron chi connectivity index (χ0n) is 15.3. The Balaban J connectivity index is 2.22. The molecule has 0 bridgehead atoms. The number of sulfonamides is 1. The first-order valence-electron chi connectivity index (χ1n) is 8.37. The van der Waals surface area contributed by atoms with Crippen molar-refractivity contribution in [3.8, 4) is 0 Å². The van der Waals surface area contributed by atoms with Crippen molar-refractivity contribution in [1.82, 2.24) is 4.90 Å². The first-order chi connectivity index (χ1) is 12.7. The van der Waals surface area contributed by atoms with Gasteiger partial charge in [0.25, 0.3) is 15.9 Å². The molecule has 0 aliphatic carbocycles. The van der Waals surface area contributed by atoms with Crippen LogP contribution in [0.15, 0.2) is 46.0 Å². The standard InChI is InChI=1S/C18H22N2O5S2/c1-4-25-16(21)12-20(13(2)3)18(22)14-7-5-8-15(11-14)19-27(23,24)17-9-6-10-26-17/h5-11,13,19H,4,12H2,1-3H3. The lowest BCUT2D eigenvalue weighted by molar-refractivity contribution is -0.144. The molecule has 27 heavy (non-hydrogen) atoms. The summed E-state index contributed by atoms with van der Waals surface area (Å²) in [6.07, 6.45) is 0. The van der Waals surface area contributed by atoms with E-state index < -0.39 is 16.0 Å². The third kappa shape index (κ3) is 5.54. The summed E-state index contributed by atoms with van der Waals surface area (Å²) in [7, 11) is -3.71. The van der Waals surface area contributed by atoms with Crippen molar-refractivity contribution in [3.63, 3.8) is 0 Å². The molecule has 1 aromatic heterocycles. The molecule has 0 radical (unpaired) electrons. The number of ether oxygens (including phenoxy) is 1. The van der Waals surface area contributed by atoms with E-state index in [1.54, 1.807) is 50.4 Å². The van der Waals surface area contributed by atoms with Gasteiger partial charge in [0, 0.05) is 17.3 Å². The second-order valence-electron chi connectivity index (χ2n) is 5.95. The highest BCUT2D eigenvalue weighted by Gasteiger charge is 2.23. The van der Waals surface area contributed by atoms with E-state index in [0.29, 0.717) is 0 Å². The normalized spacial score (nSPS) is 11.3. The van der Waals surface area contributed by atoms with Crippen molar-refractivity contribution in [3.05, 3.63) is 47.3 Å². The zero-order chi connectivity index (χ0) is 20.0. The molecule has 0 unspecified atom stereocenters. The molecule has 0 aliphatic heterocycles. The molecule has 1 aromatic carbocycles. The molecule has 0 fully saturated rings.